The number of nitrogens with zero attached hydrogens (tertiary/aromatic N) is 1. The molecule has 2 aromatic carbocycles. The van der Waals surface area contributed by atoms with E-state index in [0.29, 0.717) is 28.8 Å². The summed E-state index contributed by atoms with van der Waals surface area (Å²) in [4.78, 5) is 17.2. The van der Waals surface area contributed by atoms with E-state index in [2.05, 4.69) is 26.8 Å². The van der Waals surface area contributed by atoms with Crippen LogP contribution in [0.25, 0.3) is 22.6 Å². The van der Waals surface area contributed by atoms with Crippen molar-refractivity contribution in [3.63, 3.8) is 0 Å². The van der Waals surface area contributed by atoms with Crippen LogP contribution < -0.4 is 0 Å². The largest absolute Gasteiger partial charge is 0.508 e. The van der Waals surface area contributed by atoms with E-state index in [0.717, 1.165) is 28.8 Å². The van der Waals surface area contributed by atoms with E-state index in [-0.39, 0.29) is 11.2 Å². The summed E-state index contributed by atoms with van der Waals surface area (Å²) >= 11 is 0. The SMILES string of the molecule is CC(C)(C)[C@H]1C/C(=C\c2ccc(O)cc2)c2nc3ccccc3c(C(=O)O)c2C1. The monoisotopic (exact) mass is 387 g/mol. The highest BCUT2D eigenvalue weighted by Crippen LogP contribution is 2.44. The van der Waals surface area contributed by atoms with Gasteiger partial charge in [0.05, 0.1) is 16.8 Å². The third kappa shape index (κ3) is 3.63. The number of aromatic hydroxyl groups is 1. The highest BCUT2D eigenvalue weighted by Gasteiger charge is 2.35. The van der Waals surface area contributed by atoms with Gasteiger partial charge in [0.15, 0.2) is 0 Å². The summed E-state index contributed by atoms with van der Waals surface area (Å²) in [5.74, 6) is -0.376. The van der Waals surface area contributed by atoms with E-state index in [1.54, 1.807) is 12.1 Å². The van der Waals surface area contributed by atoms with Gasteiger partial charge in [0.1, 0.15) is 5.75 Å². The van der Waals surface area contributed by atoms with Gasteiger partial charge >= 0.3 is 5.97 Å². The minimum absolute atomic E-state index is 0.0349. The highest BCUT2D eigenvalue weighted by atomic mass is 16.4. The van der Waals surface area contributed by atoms with Crippen LogP contribution in [0.4, 0.5) is 0 Å². The number of phenols is 1. The quantitative estimate of drug-likeness (QED) is 0.584. The van der Waals surface area contributed by atoms with Crippen LogP contribution in [0.3, 0.4) is 0 Å². The van der Waals surface area contributed by atoms with Crippen LogP contribution in [0.15, 0.2) is 48.5 Å². The number of benzene rings is 2. The lowest BCUT2D eigenvalue weighted by atomic mass is 9.69. The zero-order valence-corrected chi connectivity index (χ0v) is 16.9. The molecule has 0 amide bonds. The first kappa shape index (κ1) is 19.2. The Morgan fingerprint density at radius 2 is 1.76 bits per heavy atom. The molecule has 0 saturated carbocycles. The van der Waals surface area contributed by atoms with Gasteiger partial charge in [-0.05, 0) is 65.1 Å². The van der Waals surface area contributed by atoms with Crippen molar-refractivity contribution in [1.82, 2.24) is 4.98 Å². The molecule has 3 aromatic rings. The standard InChI is InChI=1S/C25H25NO3/c1-25(2,3)17-13-16(12-15-8-10-18(27)11-9-15)23-20(14-17)22(24(28)29)19-6-4-5-7-21(19)26-23/h4-12,17,27H,13-14H2,1-3H3,(H,28,29)/b16-12+/t17-/m0/s1. The van der Waals surface area contributed by atoms with Crippen molar-refractivity contribution in [1.29, 1.82) is 0 Å². The van der Waals surface area contributed by atoms with Crippen LogP contribution in [-0.4, -0.2) is 21.2 Å². The molecule has 1 aliphatic carbocycles. The molecule has 0 unspecified atom stereocenters. The van der Waals surface area contributed by atoms with Crippen molar-refractivity contribution in [3.05, 3.63) is 70.9 Å². The average Bonchev–Trinajstić information content (AvgIpc) is 2.67. The summed E-state index contributed by atoms with van der Waals surface area (Å²) in [7, 11) is 0. The minimum Gasteiger partial charge on any atom is -0.508 e. The second-order valence-corrected chi connectivity index (χ2v) is 8.87. The number of rotatable bonds is 2. The minimum atomic E-state index is -0.904. The molecule has 29 heavy (non-hydrogen) atoms. The fraction of sp³-hybridized carbons (Fsp3) is 0.280. The number of aromatic nitrogens is 1. The zero-order chi connectivity index (χ0) is 20.8. The molecule has 1 heterocycles. The molecule has 4 heteroatoms. The molecule has 2 N–H and O–H groups in total. The number of carboxylic acids is 1. The lowest BCUT2D eigenvalue weighted by molar-refractivity contribution is 0.0696. The fourth-order valence-corrected chi connectivity index (χ4v) is 4.15. The lowest BCUT2D eigenvalue weighted by Gasteiger charge is -2.36. The van der Waals surface area contributed by atoms with Crippen LogP contribution in [-0.2, 0) is 6.42 Å². The maximum atomic E-state index is 12.3. The number of hydrogen-bond donors (Lipinski definition) is 2. The molecule has 148 valence electrons. The zero-order valence-electron chi connectivity index (χ0n) is 16.9. The van der Waals surface area contributed by atoms with Gasteiger partial charge in [-0.1, -0.05) is 51.1 Å². The van der Waals surface area contributed by atoms with Gasteiger partial charge in [-0.2, -0.15) is 0 Å². The molecule has 4 rings (SSSR count). The molecule has 1 atom stereocenters. The Morgan fingerprint density at radius 3 is 2.41 bits per heavy atom. The van der Waals surface area contributed by atoms with E-state index in [1.807, 2.05) is 36.4 Å². The second kappa shape index (κ2) is 7.03. The number of carboxylic acid groups (broad SMARTS) is 1. The number of pyridine rings is 1. The number of hydrogen-bond acceptors (Lipinski definition) is 3. The first-order valence-corrected chi connectivity index (χ1v) is 9.89. The Labute approximate surface area is 170 Å². The van der Waals surface area contributed by atoms with Crippen molar-refractivity contribution in [2.45, 2.75) is 33.6 Å². The van der Waals surface area contributed by atoms with E-state index in [4.69, 9.17) is 4.98 Å². The van der Waals surface area contributed by atoms with Crippen molar-refractivity contribution in [2.75, 3.05) is 0 Å². The number of allylic oxidation sites excluding steroid dienone is 1. The van der Waals surface area contributed by atoms with Crippen molar-refractivity contribution >= 4 is 28.5 Å². The fourth-order valence-electron chi connectivity index (χ4n) is 4.15. The molecule has 1 aromatic heterocycles. The van der Waals surface area contributed by atoms with Crippen molar-refractivity contribution in [2.24, 2.45) is 11.3 Å². The third-order valence-corrected chi connectivity index (χ3v) is 5.89. The molecule has 4 nitrogen and oxygen atoms in total. The van der Waals surface area contributed by atoms with Gasteiger partial charge in [0, 0.05) is 5.39 Å². The third-order valence-electron chi connectivity index (χ3n) is 5.89. The molecule has 0 saturated heterocycles. The molecule has 0 spiro atoms. The molecule has 0 fully saturated rings. The second-order valence-electron chi connectivity index (χ2n) is 8.87. The highest BCUT2D eigenvalue weighted by molar-refractivity contribution is 6.06. The normalized spacial score (nSPS) is 18.0. The summed E-state index contributed by atoms with van der Waals surface area (Å²) in [6.07, 6.45) is 3.61. The molecular weight excluding hydrogens is 362 g/mol. The Hall–Kier alpha value is -3.14. The molecule has 0 bridgehead atoms. The van der Waals surface area contributed by atoms with Gasteiger partial charge in [0.25, 0.3) is 0 Å². The maximum absolute atomic E-state index is 12.3. The van der Waals surface area contributed by atoms with Crippen LogP contribution >= 0.6 is 0 Å². The van der Waals surface area contributed by atoms with Gasteiger partial charge in [0.2, 0.25) is 0 Å². The summed E-state index contributed by atoms with van der Waals surface area (Å²) in [6.45, 7) is 6.61. The Kier molecular flexibility index (Phi) is 4.65. The predicted octanol–water partition coefficient (Wildman–Crippen LogP) is 5.79. The van der Waals surface area contributed by atoms with Gasteiger partial charge in [-0.3, -0.25) is 0 Å². The number of fused-ring (bicyclic) bond motifs is 2. The van der Waals surface area contributed by atoms with E-state index in [1.165, 1.54) is 0 Å². The van der Waals surface area contributed by atoms with Crippen molar-refractivity contribution in [3.8, 4) is 5.75 Å². The first-order chi connectivity index (χ1) is 13.7. The Morgan fingerprint density at radius 1 is 1.07 bits per heavy atom. The number of aromatic carboxylic acids is 1. The summed E-state index contributed by atoms with van der Waals surface area (Å²) < 4.78 is 0. The van der Waals surface area contributed by atoms with E-state index in [9.17, 15) is 15.0 Å². The van der Waals surface area contributed by atoms with Gasteiger partial charge in [-0.15, -0.1) is 0 Å². The Balaban J connectivity index is 1.99. The van der Waals surface area contributed by atoms with E-state index >= 15 is 0 Å². The number of phenolic OH excluding ortho intramolecular Hbond substituents is 1. The van der Waals surface area contributed by atoms with Gasteiger partial charge in [-0.25, -0.2) is 9.78 Å². The van der Waals surface area contributed by atoms with Crippen LogP contribution in [0, 0.1) is 11.3 Å². The molecular formula is C25H25NO3. The first-order valence-electron chi connectivity index (χ1n) is 9.89. The molecule has 0 aliphatic heterocycles. The predicted molar refractivity (Wildman–Crippen MR) is 116 cm³/mol. The van der Waals surface area contributed by atoms with E-state index < -0.39 is 5.97 Å². The van der Waals surface area contributed by atoms with Crippen molar-refractivity contribution < 1.29 is 15.0 Å². The smallest absolute Gasteiger partial charge is 0.336 e. The van der Waals surface area contributed by atoms with Gasteiger partial charge < -0.3 is 10.2 Å². The topological polar surface area (TPSA) is 70.4 Å². The number of carbonyl (C=O) groups is 1. The molecule has 0 radical (unpaired) electrons. The summed E-state index contributed by atoms with van der Waals surface area (Å²) in [6, 6.07) is 14.5. The maximum Gasteiger partial charge on any atom is 0.336 e. The Bertz CT molecular complexity index is 1120. The molecule has 1 aliphatic rings. The summed E-state index contributed by atoms with van der Waals surface area (Å²) in [5, 5.41) is 20.3. The lowest BCUT2D eigenvalue weighted by Crippen LogP contribution is -2.28. The van der Waals surface area contributed by atoms with Crippen LogP contribution in [0.1, 0.15) is 54.4 Å². The van der Waals surface area contributed by atoms with Crippen LogP contribution in [0.5, 0.6) is 5.75 Å². The number of para-hydroxylation sites is 1. The average molecular weight is 387 g/mol. The van der Waals surface area contributed by atoms with Crippen LogP contribution in [0.2, 0.25) is 0 Å². The summed E-state index contributed by atoms with van der Waals surface area (Å²) in [5.41, 5.74) is 4.73.